The van der Waals surface area contributed by atoms with Gasteiger partial charge in [-0.15, -0.1) is 0 Å². The van der Waals surface area contributed by atoms with Crippen LogP contribution in [0.2, 0.25) is 0 Å². The maximum absolute atomic E-state index is 4.01. The van der Waals surface area contributed by atoms with Gasteiger partial charge in [0.1, 0.15) is 0 Å². The number of nitrogens with zero attached hydrogens (tertiary/aromatic N) is 1. The summed E-state index contributed by atoms with van der Waals surface area (Å²) in [5.41, 5.74) is 1.17. The lowest BCUT2D eigenvalue weighted by atomic mass is 10.4. The minimum Gasteiger partial charge on any atom is -0.371 e. The van der Waals surface area contributed by atoms with Crippen molar-refractivity contribution in [1.29, 1.82) is 0 Å². The minimum atomic E-state index is 0. The quantitative estimate of drug-likeness (QED) is 0.620. The summed E-state index contributed by atoms with van der Waals surface area (Å²) in [6, 6.07) is 2.04. The van der Waals surface area contributed by atoms with Gasteiger partial charge >= 0.3 is 0 Å². The first kappa shape index (κ1) is 6.04. The monoisotopic (exact) mass is 154 g/mol. The Kier molecular flexibility index (Phi) is 1.31. The molecule has 0 spiro atoms. The standard InChI is InChI=1S/C7H8N2S.H2/c1-5-9-6-4-8-3-2-7(6)10-5;/h2-5,9H,1H3;1H. The van der Waals surface area contributed by atoms with E-state index in [0.29, 0.717) is 5.37 Å². The van der Waals surface area contributed by atoms with Crippen LogP contribution in [0.3, 0.4) is 0 Å². The van der Waals surface area contributed by atoms with E-state index in [0.717, 1.165) is 0 Å². The average Bonchev–Trinajstić information content (AvgIpc) is 2.27. The zero-order valence-electron chi connectivity index (χ0n) is 5.66. The van der Waals surface area contributed by atoms with Crippen LogP contribution >= 0.6 is 11.8 Å². The molecule has 0 saturated carbocycles. The molecule has 0 amide bonds. The third-order valence-electron chi connectivity index (χ3n) is 1.44. The number of hydrogen-bond donors (Lipinski definition) is 1. The van der Waals surface area contributed by atoms with Crippen molar-refractivity contribution in [1.82, 2.24) is 4.98 Å². The summed E-state index contributed by atoms with van der Waals surface area (Å²) >= 11 is 1.84. The van der Waals surface area contributed by atoms with E-state index in [-0.39, 0.29) is 1.43 Å². The molecule has 0 aromatic carbocycles. The molecule has 0 fully saturated rings. The average molecular weight is 154 g/mol. The van der Waals surface area contributed by atoms with Crippen LogP contribution in [0.1, 0.15) is 8.35 Å². The summed E-state index contributed by atoms with van der Waals surface area (Å²) in [5, 5.41) is 3.80. The van der Waals surface area contributed by atoms with E-state index in [1.165, 1.54) is 10.6 Å². The van der Waals surface area contributed by atoms with Crippen LogP contribution in [0.25, 0.3) is 0 Å². The number of thioether (sulfide) groups is 1. The van der Waals surface area contributed by atoms with Gasteiger partial charge in [0.25, 0.3) is 0 Å². The fraction of sp³-hybridized carbons (Fsp3) is 0.286. The molecule has 0 bridgehead atoms. The second kappa shape index (κ2) is 2.16. The van der Waals surface area contributed by atoms with E-state index in [1.54, 1.807) is 0 Å². The Hall–Kier alpha value is -0.700. The first-order chi connectivity index (χ1) is 4.86. The van der Waals surface area contributed by atoms with Gasteiger partial charge in [-0.05, 0) is 13.0 Å². The molecular weight excluding hydrogens is 144 g/mol. The molecule has 0 aliphatic carbocycles. The second-order valence-corrected chi connectivity index (χ2v) is 3.66. The van der Waals surface area contributed by atoms with Gasteiger partial charge in [0, 0.05) is 12.5 Å². The van der Waals surface area contributed by atoms with Gasteiger partial charge < -0.3 is 5.32 Å². The zero-order chi connectivity index (χ0) is 6.97. The summed E-state index contributed by atoms with van der Waals surface area (Å²) in [7, 11) is 0. The van der Waals surface area contributed by atoms with E-state index in [9.17, 15) is 0 Å². The highest BCUT2D eigenvalue weighted by Gasteiger charge is 2.15. The highest BCUT2D eigenvalue weighted by atomic mass is 32.2. The highest BCUT2D eigenvalue weighted by molar-refractivity contribution is 8.00. The van der Waals surface area contributed by atoms with E-state index < -0.39 is 0 Å². The maximum Gasteiger partial charge on any atom is 0.0742 e. The summed E-state index contributed by atoms with van der Waals surface area (Å²) in [6.45, 7) is 2.14. The van der Waals surface area contributed by atoms with Gasteiger partial charge in [0.05, 0.1) is 17.3 Å². The molecular formula is C7H10N2S. The number of nitrogens with one attached hydrogen (secondary N) is 1. The Balaban J connectivity index is 0.000000605. The first-order valence-electron chi connectivity index (χ1n) is 3.23. The highest BCUT2D eigenvalue weighted by Crippen LogP contribution is 2.36. The van der Waals surface area contributed by atoms with Gasteiger partial charge in [-0.25, -0.2) is 0 Å². The Labute approximate surface area is 65.5 Å². The van der Waals surface area contributed by atoms with Crippen LogP contribution in [0.15, 0.2) is 23.4 Å². The van der Waals surface area contributed by atoms with Gasteiger partial charge in [-0.2, -0.15) is 0 Å². The minimum absolute atomic E-state index is 0. The Morgan fingerprint density at radius 3 is 3.50 bits per heavy atom. The van der Waals surface area contributed by atoms with Gasteiger partial charge in [0.2, 0.25) is 0 Å². The zero-order valence-corrected chi connectivity index (χ0v) is 6.48. The fourth-order valence-corrected chi connectivity index (χ4v) is 1.98. The smallest absolute Gasteiger partial charge is 0.0742 e. The van der Waals surface area contributed by atoms with Crippen LogP contribution in [-0.4, -0.2) is 10.4 Å². The molecule has 0 radical (unpaired) electrons. The number of hydrogen-bond acceptors (Lipinski definition) is 3. The number of fused-ring (bicyclic) bond motifs is 1. The normalized spacial score (nSPS) is 21.9. The molecule has 1 atom stereocenters. The third-order valence-corrected chi connectivity index (χ3v) is 2.52. The van der Waals surface area contributed by atoms with Crippen LogP contribution in [0.4, 0.5) is 5.69 Å². The molecule has 3 heteroatoms. The number of pyridine rings is 1. The Morgan fingerprint density at radius 2 is 2.70 bits per heavy atom. The Bertz CT molecular complexity index is 229. The summed E-state index contributed by atoms with van der Waals surface area (Å²) in [5.74, 6) is 0. The summed E-state index contributed by atoms with van der Waals surface area (Å²) < 4.78 is 0. The second-order valence-electron chi connectivity index (χ2n) is 2.28. The van der Waals surface area contributed by atoms with Gasteiger partial charge in [-0.3, -0.25) is 4.98 Å². The molecule has 2 heterocycles. The molecule has 1 N–H and O–H groups in total. The fourth-order valence-electron chi connectivity index (χ4n) is 1.03. The van der Waals surface area contributed by atoms with Gasteiger partial charge in [-0.1, -0.05) is 11.8 Å². The Morgan fingerprint density at radius 1 is 1.80 bits per heavy atom. The third kappa shape index (κ3) is 0.865. The SMILES string of the molecule is CC1Nc2cnccc2S1.[HH]. The van der Waals surface area contributed by atoms with E-state index in [2.05, 4.69) is 17.2 Å². The van der Waals surface area contributed by atoms with Crippen molar-refractivity contribution in [2.45, 2.75) is 17.2 Å². The molecule has 1 aromatic rings. The van der Waals surface area contributed by atoms with Crippen molar-refractivity contribution in [2.24, 2.45) is 0 Å². The lowest BCUT2D eigenvalue weighted by Crippen LogP contribution is -2.02. The summed E-state index contributed by atoms with van der Waals surface area (Å²) in [6.07, 6.45) is 3.69. The van der Waals surface area contributed by atoms with Crippen molar-refractivity contribution < 1.29 is 1.43 Å². The van der Waals surface area contributed by atoms with Crippen molar-refractivity contribution >= 4 is 17.4 Å². The van der Waals surface area contributed by atoms with Crippen LogP contribution < -0.4 is 5.32 Å². The molecule has 1 aliphatic rings. The molecule has 10 heavy (non-hydrogen) atoms. The van der Waals surface area contributed by atoms with Crippen molar-refractivity contribution in [3.63, 3.8) is 0 Å². The van der Waals surface area contributed by atoms with E-state index in [1.807, 2.05) is 30.2 Å². The van der Waals surface area contributed by atoms with Crippen LogP contribution in [-0.2, 0) is 0 Å². The molecule has 54 valence electrons. The predicted molar refractivity (Wildman–Crippen MR) is 45.3 cm³/mol. The molecule has 1 unspecified atom stereocenters. The largest absolute Gasteiger partial charge is 0.371 e. The van der Waals surface area contributed by atoms with E-state index >= 15 is 0 Å². The van der Waals surface area contributed by atoms with E-state index in [4.69, 9.17) is 0 Å². The van der Waals surface area contributed by atoms with Crippen molar-refractivity contribution in [2.75, 3.05) is 5.32 Å². The first-order valence-corrected chi connectivity index (χ1v) is 4.11. The van der Waals surface area contributed by atoms with Gasteiger partial charge in [0.15, 0.2) is 0 Å². The topological polar surface area (TPSA) is 24.9 Å². The predicted octanol–water partition coefficient (Wildman–Crippen LogP) is 2.19. The lowest BCUT2D eigenvalue weighted by Gasteiger charge is -1.98. The lowest BCUT2D eigenvalue weighted by molar-refractivity contribution is 1.14. The molecule has 1 aliphatic heterocycles. The van der Waals surface area contributed by atoms with Crippen molar-refractivity contribution in [3.05, 3.63) is 18.5 Å². The molecule has 2 rings (SSSR count). The maximum atomic E-state index is 4.01. The molecule has 0 saturated heterocycles. The number of anilines is 1. The summed E-state index contributed by atoms with van der Waals surface area (Å²) in [4.78, 5) is 5.32. The number of aromatic nitrogens is 1. The van der Waals surface area contributed by atoms with Crippen LogP contribution in [0, 0.1) is 0 Å². The van der Waals surface area contributed by atoms with Crippen LogP contribution in [0.5, 0.6) is 0 Å². The molecule has 2 nitrogen and oxygen atoms in total. The van der Waals surface area contributed by atoms with Crippen molar-refractivity contribution in [3.8, 4) is 0 Å². The number of rotatable bonds is 0. The molecule has 1 aromatic heterocycles.